The van der Waals surface area contributed by atoms with Crippen LogP contribution in [0.3, 0.4) is 0 Å². The first-order valence-corrected chi connectivity index (χ1v) is 10.4. The number of benzene rings is 1. The summed E-state index contributed by atoms with van der Waals surface area (Å²) < 4.78 is 8.22. The van der Waals surface area contributed by atoms with E-state index in [1.807, 2.05) is 0 Å². The van der Waals surface area contributed by atoms with Gasteiger partial charge in [-0.15, -0.1) is 22.7 Å². The molecule has 3 nitrogen and oxygen atoms in total. The molecule has 5 heteroatoms. The highest BCUT2D eigenvalue weighted by molar-refractivity contribution is 7.14. The van der Waals surface area contributed by atoms with Crippen LogP contribution < -0.4 is 4.80 Å². The van der Waals surface area contributed by atoms with E-state index in [1.165, 1.54) is 21.7 Å². The molecule has 0 saturated carbocycles. The Labute approximate surface area is 156 Å². The molecular formula is C20H22N2OS2. The number of thiophene rings is 1. The van der Waals surface area contributed by atoms with Gasteiger partial charge in [-0.1, -0.05) is 12.1 Å². The molecule has 1 aromatic carbocycles. The quantitative estimate of drug-likeness (QED) is 0.611. The first-order valence-electron chi connectivity index (χ1n) is 8.66. The first-order chi connectivity index (χ1) is 12.2. The third-order valence-electron chi connectivity index (χ3n) is 4.70. The summed E-state index contributed by atoms with van der Waals surface area (Å²) in [7, 11) is 0. The number of rotatable bonds is 4. The van der Waals surface area contributed by atoms with Crippen molar-refractivity contribution in [3.05, 3.63) is 57.0 Å². The van der Waals surface area contributed by atoms with Crippen molar-refractivity contribution < 1.29 is 4.74 Å². The number of aromatic nitrogens is 1. The third-order valence-corrected chi connectivity index (χ3v) is 6.45. The molecule has 1 atom stereocenters. The zero-order valence-corrected chi connectivity index (χ0v) is 16.2. The summed E-state index contributed by atoms with van der Waals surface area (Å²) in [4.78, 5) is 7.28. The third kappa shape index (κ3) is 3.64. The predicted octanol–water partition coefficient (Wildman–Crippen LogP) is 5.31. The Kier molecular flexibility index (Phi) is 4.88. The van der Waals surface area contributed by atoms with Gasteiger partial charge in [-0.3, -0.25) is 0 Å². The van der Waals surface area contributed by atoms with Crippen molar-refractivity contribution in [3.8, 4) is 10.6 Å². The molecule has 1 fully saturated rings. The molecule has 1 saturated heterocycles. The maximum atomic E-state index is 5.88. The van der Waals surface area contributed by atoms with Gasteiger partial charge in [0.15, 0.2) is 4.80 Å². The van der Waals surface area contributed by atoms with E-state index >= 15 is 0 Å². The predicted molar refractivity (Wildman–Crippen MR) is 106 cm³/mol. The average molecular weight is 371 g/mol. The maximum absolute atomic E-state index is 5.88. The van der Waals surface area contributed by atoms with E-state index < -0.39 is 0 Å². The number of thiazole rings is 1. The van der Waals surface area contributed by atoms with Crippen LogP contribution in [0.4, 0.5) is 5.69 Å². The molecule has 0 amide bonds. The van der Waals surface area contributed by atoms with Crippen molar-refractivity contribution >= 4 is 28.4 Å². The van der Waals surface area contributed by atoms with Crippen LogP contribution in [0, 0.1) is 13.8 Å². The van der Waals surface area contributed by atoms with Gasteiger partial charge in [0.2, 0.25) is 0 Å². The van der Waals surface area contributed by atoms with E-state index in [4.69, 9.17) is 9.73 Å². The van der Waals surface area contributed by atoms with Crippen LogP contribution in [0.2, 0.25) is 0 Å². The monoisotopic (exact) mass is 370 g/mol. The van der Waals surface area contributed by atoms with Crippen LogP contribution in [-0.2, 0) is 11.3 Å². The standard InChI is InChI=1S/C20H22N2OS2/c1-14-7-8-16(11-15(14)2)21-20-22(12-17-5-3-9-23-17)18(13-25-20)19-6-4-10-24-19/h4,6-8,10-11,13,17H,3,5,9,12H2,1-2H3. The molecule has 2 aromatic heterocycles. The minimum atomic E-state index is 0.298. The lowest BCUT2D eigenvalue weighted by atomic mass is 10.1. The van der Waals surface area contributed by atoms with Gasteiger partial charge in [-0.2, -0.15) is 0 Å². The molecule has 1 aliphatic rings. The Morgan fingerprint density at radius 2 is 2.12 bits per heavy atom. The first kappa shape index (κ1) is 16.8. The summed E-state index contributed by atoms with van der Waals surface area (Å²) in [5.41, 5.74) is 4.85. The van der Waals surface area contributed by atoms with Crippen molar-refractivity contribution in [2.45, 2.75) is 39.3 Å². The molecule has 1 unspecified atom stereocenters. The molecule has 25 heavy (non-hydrogen) atoms. The van der Waals surface area contributed by atoms with Gasteiger partial charge in [0.05, 0.1) is 28.9 Å². The van der Waals surface area contributed by atoms with Gasteiger partial charge in [0.1, 0.15) is 0 Å². The molecular weight excluding hydrogens is 348 g/mol. The number of nitrogens with zero attached hydrogens (tertiary/aromatic N) is 2. The summed E-state index contributed by atoms with van der Waals surface area (Å²) in [6.45, 7) is 6.03. The summed E-state index contributed by atoms with van der Waals surface area (Å²) in [5, 5.41) is 4.35. The van der Waals surface area contributed by atoms with E-state index in [1.54, 1.807) is 22.7 Å². The molecule has 0 radical (unpaired) electrons. The van der Waals surface area contributed by atoms with E-state index in [0.717, 1.165) is 36.5 Å². The summed E-state index contributed by atoms with van der Waals surface area (Å²) in [5.74, 6) is 0. The van der Waals surface area contributed by atoms with Gasteiger partial charge in [-0.25, -0.2) is 4.99 Å². The van der Waals surface area contributed by atoms with E-state index in [0.29, 0.717) is 6.10 Å². The van der Waals surface area contributed by atoms with Crippen LogP contribution in [0.5, 0.6) is 0 Å². The lowest BCUT2D eigenvalue weighted by Gasteiger charge is -2.13. The second-order valence-electron chi connectivity index (χ2n) is 6.51. The van der Waals surface area contributed by atoms with Crippen LogP contribution in [0.25, 0.3) is 10.6 Å². The lowest BCUT2D eigenvalue weighted by Crippen LogP contribution is -2.23. The Bertz CT molecular complexity index is 916. The molecule has 3 aromatic rings. The highest BCUT2D eigenvalue weighted by Gasteiger charge is 2.19. The molecule has 4 rings (SSSR count). The van der Waals surface area contributed by atoms with Crippen molar-refractivity contribution in [2.75, 3.05) is 6.61 Å². The van der Waals surface area contributed by atoms with Gasteiger partial charge < -0.3 is 9.30 Å². The van der Waals surface area contributed by atoms with E-state index in [-0.39, 0.29) is 0 Å². The second-order valence-corrected chi connectivity index (χ2v) is 8.29. The van der Waals surface area contributed by atoms with Crippen molar-refractivity contribution in [2.24, 2.45) is 4.99 Å². The Balaban J connectivity index is 1.78. The smallest absolute Gasteiger partial charge is 0.190 e. The van der Waals surface area contributed by atoms with Crippen molar-refractivity contribution in [1.82, 2.24) is 4.57 Å². The summed E-state index contributed by atoms with van der Waals surface area (Å²) >= 11 is 3.49. The highest BCUT2D eigenvalue weighted by Crippen LogP contribution is 2.27. The SMILES string of the molecule is Cc1ccc(N=c2scc(-c3cccs3)n2CC2CCCO2)cc1C. The van der Waals surface area contributed by atoms with Crippen molar-refractivity contribution in [1.29, 1.82) is 0 Å². The van der Waals surface area contributed by atoms with E-state index in [2.05, 4.69) is 59.5 Å². The normalized spacial score (nSPS) is 18.2. The topological polar surface area (TPSA) is 26.5 Å². The molecule has 0 spiro atoms. The molecule has 0 N–H and O–H groups in total. The van der Waals surface area contributed by atoms with Gasteiger partial charge in [0.25, 0.3) is 0 Å². The number of ether oxygens (including phenoxy) is 1. The molecule has 1 aliphatic heterocycles. The van der Waals surface area contributed by atoms with Gasteiger partial charge >= 0.3 is 0 Å². The molecule has 0 aliphatic carbocycles. The highest BCUT2D eigenvalue weighted by atomic mass is 32.1. The maximum Gasteiger partial charge on any atom is 0.190 e. The van der Waals surface area contributed by atoms with Crippen LogP contribution in [0.15, 0.2) is 46.1 Å². The van der Waals surface area contributed by atoms with E-state index in [9.17, 15) is 0 Å². The zero-order valence-electron chi connectivity index (χ0n) is 14.6. The van der Waals surface area contributed by atoms with Crippen molar-refractivity contribution in [3.63, 3.8) is 0 Å². The molecule has 3 heterocycles. The van der Waals surface area contributed by atoms with Crippen LogP contribution in [0.1, 0.15) is 24.0 Å². The molecule has 0 bridgehead atoms. The minimum absolute atomic E-state index is 0.298. The van der Waals surface area contributed by atoms with Gasteiger partial charge in [-0.05, 0) is 61.4 Å². The second kappa shape index (κ2) is 7.28. The van der Waals surface area contributed by atoms with Crippen LogP contribution >= 0.6 is 22.7 Å². The average Bonchev–Trinajstić information content (AvgIpc) is 3.34. The lowest BCUT2D eigenvalue weighted by molar-refractivity contribution is 0.0968. The number of aryl methyl sites for hydroxylation is 2. The fourth-order valence-electron chi connectivity index (χ4n) is 3.11. The Hall–Kier alpha value is -1.69. The summed E-state index contributed by atoms with van der Waals surface area (Å²) in [6, 6.07) is 10.7. The fourth-order valence-corrected chi connectivity index (χ4v) is 4.87. The Morgan fingerprint density at radius 3 is 2.84 bits per heavy atom. The minimum Gasteiger partial charge on any atom is -0.376 e. The summed E-state index contributed by atoms with van der Waals surface area (Å²) in [6.07, 6.45) is 2.59. The van der Waals surface area contributed by atoms with Gasteiger partial charge in [0, 0.05) is 12.0 Å². The van der Waals surface area contributed by atoms with Crippen LogP contribution in [-0.4, -0.2) is 17.3 Å². The number of hydrogen-bond donors (Lipinski definition) is 0. The fraction of sp³-hybridized carbons (Fsp3) is 0.350. The molecule has 130 valence electrons. The largest absolute Gasteiger partial charge is 0.376 e. The zero-order chi connectivity index (χ0) is 17.2. The Morgan fingerprint density at radius 1 is 1.20 bits per heavy atom. The number of hydrogen-bond acceptors (Lipinski definition) is 4.